The molecule has 9 heteroatoms. The molecule has 1 saturated heterocycles. The van der Waals surface area contributed by atoms with Gasteiger partial charge >= 0.3 is 5.97 Å². The predicted molar refractivity (Wildman–Crippen MR) is 130 cm³/mol. The van der Waals surface area contributed by atoms with Crippen molar-refractivity contribution in [2.75, 3.05) is 7.11 Å². The number of benzene rings is 2. The van der Waals surface area contributed by atoms with Crippen LogP contribution >= 0.6 is 0 Å². The third-order valence-corrected chi connectivity index (χ3v) is 6.33. The summed E-state index contributed by atoms with van der Waals surface area (Å²) in [6, 6.07) is 15.6. The molecular weight excluding hydrogens is 448 g/mol. The maximum Gasteiger partial charge on any atom is 0.336 e. The van der Waals surface area contributed by atoms with Crippen LogP contribution in [0.4, 0.5) is 5.69 Å². The summed E-state index contributed by atoms with van der Waals surface area (Å²) in [5.74, 6) is -1.38. The van der Waals surface area contributed by atoms with E-state index in [9.17, 15) is 19.7 Å². The number of amides is 1. The number of nitrogens with zero attached hydrogens (tertiary/aromatic N) is 3. The molecule has 2 aliphatic rings. The van der Waals surface area contributed by atoms with Gasteiger partial charge in [-0.1, -0.05) is 42.5 Å². The zero-order valence-corrected chi connectivity index (χ0v) is 19.9. The molecule has 0 spiro atoms. The first-order chi connectivity index (χ1) is 16.7. The van der Waals surface area contributed by atoms with Crippen molar-refractivity contribution in [1.82, 2.24) is 10.4 Å². The summed E-state index contributed by atoms with van der Waals surface area (Å²) in [7, 11) is 1.29. The molecule has 0 aliphatic carbocycles. The summed E-state index contributed by atoms with van der Waals surface area (Å²) in [6.45, 7) is 5.04. The van der Waals surface area contributed by atoms with Gasteiger partial charge in [-0.25, -0.2) is 9.80 Å². The molecule has 2 aliphatic heterocycles. The van der Waals surface area contributed by atoms with Crippen molar-refractivity contribution < 1.29 is 19.2 Å². The lowest BCUT2D eigenvalue weighted by Crippen LogP contribution is -2.37. The van der Waals surface area contributed by atoms with E-state index in [4.69, 9.17) is 4.74 Å². The molecule has 2 unspecified atom stereocenters. The van der Waals surface area contributed by atoms with E-state index in [-0.39, 0.29) is 17.6 Å². The summed E-state index contributed by atoms with van der Waals surface area (Å²) >= 11 is 0. The monoisotopic (exact) mass is 474 g/mol. The van der Waals surface area contributed by atoms with Gasteiger partial charge in [0.25, 0.3) is 5.69 Å². The average molecular weight is 475 g/mol. The maximum absolute atomic E-state index is 12.9. The van der Waals surface area contributed by atoms with Gasteiger partial charge in [0.1, 0.15) is 0 Å². The molecule has 1 N–H and O–H groups in total. The van der Waals surface area contributed by atoms with Crippen molar-refractivity contribution in [3.05, 3.63) is 98.4 Å². The predicted octanol–water partition coefficient (Wildman–Crippen LogP) is 4.35. The smallest absolute Gasteiger partial charge is 0.336 e. The van der Waals surface area contributed by atoms with E-state index in [0.29, 0.717) is 34.5 Å². The highest BCUT2D eigenvalue weighted by Gasteiger charge is 2.40. The third-order valence-electron chi connectivity index (χ3n) is 6.33. The zero-order chi connectivity index (χ0) is 25.3. The molecule has 2 atom stereocenters. The number of rotatable bonds is 4. The number of hydrogen-bond acceptors (Lipinski definition) is 7. The van der Waals surface area contributed by atoms with E-state index in [1.807, 2.05) is 37.3 Å². The fourth-order valence-electron chi connectivity index (χ4n) is 4.82. The molecule has 1 amide bonds. The molecule has 0 radical (unpaired) electrons. The number of allylic oxidation sites excluding steroid dienone is 2. The van der Waals surface area contributed by atoms with E-state index >= 15 is 0 Å². The van der Waals surface area contributed by atoms with Crippen LogP contribution in [0.25, 0.3) is 0 Å². The lowest BCUT2D eigenvalue weighted by molar-refractivity contribution is -0.384. The van der Waals surface area contributed by atoms with Gasteiger partial charge in [0, 0.05) is 54.1 Å². The summed E-state index contributed by atoms with van der Waals surface area (Å²) in [4.78, 5) is 41.1. The Morgan fingerprint density at radius 1 is 1.11 bits per heavy atom. The first-order valence-electron chi connectivity index (χ1n) is 11.2. The van der Waals surface area contributed by atoms with Crippen molar-refractivity contribution in [3.63, 3.8) is 0 Å². The van der Waals surface area contributed by atoms with Crippen molar-refractivity contribution in [2.45, 2.75) is 39.2 Å². The standard InChI is InChI=1S/C26H26N4O5/c1-15-23(21-14-22(29(28-21)17(3)31)18-9-6-5-7-10-18)25(24(16(2)27-15)26(32)35-4)19-11-8-12-20(13-19)30(33)34/h5-13,22,25,28H,14H2,1-4H3/b23-21+. The Morgan fingerprint density at radius 3 is 2.43 bits per heavy atom. The SMILES string of the molecule is COC(=O)C1=C(C)N=C(C)/C(=C2/CC(c3ccccc3)N(C(C)=O)N2)C1c1cccc([N+](=O)[O-])c1. The average Bonchev–Trinajstić information content (AvgIpc) is 3.29. The van der Waals surface area contributed by atoms with Gasteiger partial charge in [-0.2, -0.15) is 0 Å². The topological polar surface area (TPSA) is 114 Å². The minimum absolute atomic E-state index is 0.0826. The van der Waals surface area contributed by atoms with E-state index in [2.05, 4.69) is 10.4 Å². The largest absolute Gasteiger partial charge is 0.466 e. The molecule has 180 valence electrons. The normalized spacial score (nSPS) is 21.9. The summed E-state index contributed by atoms with van der Waals surface area (Å²) in [5, 5.41) is 13.1. The quantitative estimate of drug-likeness (QED) is 0.400. The number of nitro benzene ring substituents is 1. The zero-order valence-electron chi connectivity index (χ0n) is 19.9. The number of hydrogen-bond donors (Lipinski definition) is 1. The van der Waals surface area contributed by atoms with E-state index < -0.39 is 16.8 Å². The Labute approximate surface area is 202 Å². The number of carbonyl (C=O) groups is 2. The highest BCUT2D eigenvalue weighted by Crippen LogP contribution is 2.44. The van der Waals surface area contributed by atoms with Crippen LogP contribution in [0.5, 0.6) is 0 Å². The fraction of sp³-hybridized carbons (Fsp3) is 0.269. The van der Waals surface area contributed by atoms with Gasteiger partial charge in [-0.3, -0.25) is 25.3 Å². The Bertz CT molecular complexity index is 1300. The van der Waals surface area contributed by atoms with Crippen LogP contribution in [0.1, 0.15) is 50.3 Å². The second-order valence-electron chi connectivity index (χ2n) is 8.50. The molecule has 0 saturated carbocycles. The van der Waals surface area contributed by atoms with E-state index in [1.165, 1.54) is 26.2 Å². The molecule has 0 aromatic heterocycles. The lowest BCUT2D eigenvalue weighted by atomic mass is 9.78. The van der Waals surface area contributed by atoms with Crippen LogP contribution in [0.2, 0.25) is 0 Å². The highest BCUT2D eigenvalue weighted by molar-refractivity contribution is 6.07. The van der Waals surface area contributed by atoms with Crippen LogP contribution in [0, 0.1) is 10.1 Å². The highest BCUT2D eigenvalue weighted by atomic mass is 16.6. The van der Waals surface area contributed by atoms with Gasteiger partial charge in [0.2, 0.25) is 5.91 Å². The van der Waals surface area contributed by atoms with Gasteiger partial charge in [0.15, 0.2) is 0 Å². The third kappa shape index (κ3) is 4.44. The van der Waals surface area contributed by atoms with Gasteiger partial charge in [-0.05, 0) is 25.0 Å². The molecular formula is C26H26N4O5. The van der Waals surface area contributed by atoms with Crippen molar-refractivity contribution in [3.8, 4) is 0 Å². The summed E-state index contributed by atoms with van der Waals surface area (Å²) in [5.41, 5.74) is 7.55. The molecule has 0 bridgehead atoms. The number of ether oxygens (including phenoxy) is 1. The Hall–Kier alpha value is -4.27. The van der Waals surface area contributed by atoms with E-state index in [0.717, 1.165) is 11.3 Å². The molecule has 2 aromatic carbocycles. The molecule has 2 heterocycles. The first kappa shape index (κ1) is 23.9. The number of esters is 1. The summed E-state index contributed by atoms with van der Waals surface area (Å²) < 4.78 is 5.08. The molecule has 9 nitrogen and oxygen atoms in total. The second-order valence-corrected chi connectivity index (χ2v) is 8.50. The van der Waals surface area contributed by atoms with E-state index in [1.54, 1.807) is 24.1 Å². The van der Waals surface area contributed by atoms with Crippen molar-refractivity contribution >= 4 is 23.3 Å². The molecule has 1 fully saturated rings. The van der Waals surface area contributed by atoms with Crippen LogP contribution in [0.15, 0.2) is 82.1 Å². The van der Waals surface area contributed by atoms with Crippen molar-refractivity contribution in [1.29, 1.82) is 0 Å². The first-order valence-corrected chi connectivity index (χ1v) is 11.2. The fourth-order valence-corrected chi connectivity index (χ4v) is 4.82. The molecule has 35 heavy (non-hydrogen) atoms. The minimum atomic E-state index is -0.661. The van der Waals surface area contributed by atoms with Crippen molar-refractivity contribution in [2.24, 2.45) is 4.99 Å². The Morgan fingerprint density at radius 2 is 1.80 bits per heavy atom. The lowest BCUT2D eigenvalue weighted by Gasteiger charge is -2.29. The van der Waals surface area contributed by atoms with Gasteiger partial charge < -0.3 is 4.74 Å². The van der Waals surface area contributed by atoms with Crippen LogP contribution < -0.4 is 5.43 Å². The van der Waals surface area contributed by atoms with Crippen LogP contribution in [-0.4, -0.2) is 34.6 Å². The van der Waals surface area contributed by atoms with Gasteiger partial charge in [0.05, 0.1) is 23.6 Å². The molecule has 2 aromatic rings. The van der Waals surface area contributed by atoms with Gasteiger partial charge in [-0.15, -0.1) is 0 Å². The summed E-state index contributed by atoms with van der Waals surface area (Å²) in [6.07, 6.45) is 0.463. The number of hydrazine groups is 1. The Kier molecular flexibility index (Phi) is 6.50. The number of carbonyl (C=O) groups excluding carboxylic acids is 2. The van der Waals surface area contributed by atoms with Crippen LogP contribution in [-0.2, 0) is 14.3 Å². The Balaban J connectivity index is 1.92. The molecule has 4 rings (SSSR count). The van der Waals surface area contributed by atoms with Crippen LogP contribution in [0.3, 0.4) is 0 Å². The minimum Gasteiger partial charge on any atom is -0.466 e. The second kappa shape index (κ2) is 9.54. The number of methoxy groups -OCH3 is 1. The number of aliphatic imine (C=N–C) groups is 1. The number of nitrogens with one attached hydrogen (secondary N) is 1. The number of non-ortho nitro benzene ring substituents is 1. The maximum atomic E-state index is 12.9. The number of nitro groups is 1.